The average Bonchev–Trinajstić information content (AvgIpc) is 3.13. The highest BCUT2D eigenvalue weighted by molar-refractivity contribution is 6.02. The third-order valence-electron chi connectivity index (χ3n) is 5.57. The van der Waals surface area contributed by atoms with Crippen LogP contribution in [0.15, 0.2) is 65.9 Å². The number of ether oxygens (including phenoxy) is 2. The summed E-state index contributed by atoms with van der Waals surface area (Å²) in [5.41, 5.74) is 1.77. The van der Waals surface area contributed by atoms with Crippen LogP contribution in [-0.4, -0.2) is 68.0 Å². The molecule has 0 bridgehead atoms. The fraction of sp³-hybridized carbons (Fsp3) is 0.292. The van der Waals surface area contributed by atoms with E-state index in [1.807, 2.05) is 48.5 Å². The SMILES string of the molecule is COCCNC(=O)CN1CC2=C(C1=O)[C@@H](c1cccc(Oc3ccccc3)c1)NC(=O)N2C. The van der Waals surface area contributed by atoms with E-state index in [0.29, 0.717) is 35.9 Å². The van der Waals surface area contributed by atoms with Crippen molar-refractivity contribution in [2.24, 2.45) is 0 Å². The minimum absolute atomic E-state index is 0.0958. The lowest BCUT2D eigenvalue weighted by molar-refractivity contribution is -0.132. The molecule has 0 unspecified atom stereocenters. The summed E-state index contributed by atoms with van der Waals surface area (Å²) in [7, 11) is 3.17. The zero-order valence-electron chi connectivity index (χ0n) is 18.5. The first-order valence-corrected chi connectivity index (χ1v) is 10.6. The van der Waals surface area contributed by atoms with Crippen molar-refractivity contribution in [3.63, 3.8) is 0 Å². The second-order valence-corrected chi connectivity index (χ2v) is 7.79. The lowest BCUT2D eigenvalue weighted by atomic mass is 9.95. The van der Waals surface area contributed by atoms with Crippen molar-refractivity contribution < 1.29 is 23.9 Å². The quantitative estimate of drug-likeness (QED) is 0.600. The Hall–Kier alpha value is -3.85. The molecule has 4 amide bonds. The molecule has 0 spiro atoms. The Bertz CT molecular complexity index is 1090. The van der Waals surface area contributed by atoms with E-state index in [1.165, 1.54) is 9.80 Å². The fourth-order valence-corrected chi connectivity index (χ4v) is 3.91. The van der Waals surface area contributed by atoms with Crippen LogP contribution in [0, 0.1) is 0 Å². The maximum atomic E-state index is 13.3. The Morgan fingerprint density at radius 2 is 1.88 bits per heavy atom. The van der Waals surface area contributed by atoms with E-state index in [1.54, 1.807) is 20.2 Å². The summed E-state index contributed by atoms with van der Waals surface area (Å²) in [4.78, 5) is 41.0. The molecule has 2 aromatic carbocycles. The van der Waals surface area contributed by atoms with E-state index in [9.17, 15) is 14.4 Å². The molecule has 2 aliphatic rings. The normalized spacial score (nSPS) is 17.7. The molecule has 0 aromatic heterocycles. The van der Waals surface area contributed by atoms with Crippen LogP contribution >= 0.6 is 0 Å². The second-order valence-electron chi connectivity index (χ2n) is 7.79. The first-order valence-electron chi connectivity index (χ1n) is 10.6. The second kappa shape index (κ2) is 9.74. The summed E-state index contributed by atoms with van der Waals surface area (Å²) in [6, 6.07) is 15.7. The number of rotatable bonds is 8. The molecule has 0 radical (unpaired) electrons. The molecule has 0 aliphatic carbocycles. The number of likely N-dealkylation sites (N-methyl/N-ethyl adjacent to an activating group) is 1. The molecule has 0 saturated carbocycles. The molecular weight excluding hydrogens is 424 g/mol. The molecule has 1 atom stereocenters. The molecule has 33 heavy (non-hydrogen) atoms. The van der Waals surface area contributed by atoms with E-state index in [0.717, 1.165) is 5.56 Å². The summed E-state index contributed by atoms with van der Waals surface area (Å²) >= 11 is 0. The zero-order valence-corrected chi connectivity index (χ0v) is 18.5. The molecule has 2 aromatic rings. The van der Waals surface area contributed by atoms with Crippen LogP contribution < -0.4 is 15.4 Å². The van der Waals surface area contributed by atoms with E-state index in [4.69, 9.17) is 9.47 Å². The van der Waals surface area contributed by atoms with Gasteiger partial charge in [0.2, 0.25) is 5.91 Å². The van der Waals surface area contributed by atoms with E-state index < -0.39 is 6.04 Å². The predicted molar refractivity (Wildman–Crippen MR) is 120 cm³/mol. The zero-order chi connectivity index (χ0) is 23.4. The standard InChI is InChI=1S/C24H26N4O5/c1-27-19-14-28(15-20(29)25-11-12-32-2)23(30)21(19)22(26-24(27)31)16-7-6-10-18(13-16)33-17-8-4-3-5-9-17/h3-10,13,22H,11-12,14-15H2,1-2H3,(H,25,29)(H,26,31)/t22-/m1/s1. The van der Waals surface area contributed by atoms with Gasteiger partial charge in [-0.3, -0.25) is 14.5 Å². The van der Waals surface area contributed by atoms with Gasteiger partial charge in [0, 0.05) is 20.7 Å². The fourth-order valence-electron chi connectivity index (χ4n) is 3.91. The average molecular weight is 450 g/mol. The number of hydrogen-bond donors (Lipinski definition) is 2. The van der Waals surface area contributed by atoms with Crippen LogP contribution in [0.5, 0.6) is 11.5 Å². The van der Waals surface area contributed by atoms with Crippen molar-refractivity contribution in [1.82, 2.24) is 20.4 Å². The van der Waals surface area contributed by atoms with Gasteiger partial charge in [-0.2, -0.15) is 0 Å². The predicted octanol–water partition coefficient (Wildman–Crippen LogP) is 2.03. The summed E-state index contributed by atoms with van der Waals surface area (Å²) in [6.07, 6.45) is 0. The maximum absolute atomic E-state index is 13.3. The van der Waals surface area contributed by atoms with E-state index in [-0.39, 0.29) is 30.9 Å². The van der Waals surface area contributed by atoms with Crippen molar-refractivity contribution in [3.8, 4) is 11.5 Å². The van der Waals surface area contributed by atoms with Gasteiger partial charge in [-0.15, -0.1) is 0 Å². The van der Waals surface area contributed by atoms with Gasteiger partial charge in [0.15, 0.2) is 0 Å². The third-order valence-corrected chi connectivity index (χ3v) is 5.57. The smallest absolute Gasteiger partial charge is 0.322 e. The Morgan fingerprint density at radius 3 is 2.64 bits per heavy atom. The molecular formula is C24H26N4O5. The lowest BCUT2D eigenvalue weighted by Crippen LogP contribution is -2.45. The number of methoxy groups -OCH3 is 1. The monoisotopic (exact) mass is 450 g/mol. The number of amides is 4. The van der Waals surface area contributed by atoms with Crippen LogP contribution in [0.1, 0.15) is 11.6 Å². The molecule has 2 heterocycles. The summed E-state index contributed by atoms with van der Waals surface area (Å²) in [6.45, 7) is 0.842. The van der Waals surface area contributed by atoms with Crippen LogP contribution in [0.2, 0.25) is 0 Å². The highest BCUT2D eigenvalue weighted by atomic mass is 16.5. The van der Waals surface area contributed by atoms with Gasteiger partial charge in [0.05, 0.1) is 30.5 Å². The van der Waals surface area contributed by atoms with Crippen molar-refractivity contribution in [3.05, 3.63) is 71.4 Å². The van der Waals surface area contributed by atoms with Gasteiger partial charge >= 0.3 is 6.03 Å². The number of hydrogen-bond acceptors (Lipinski definition) is 5. The topological polar surface area (TPSA) is 100 Å². The Labute approximate surface area is 191 Å². The largest absolute Gasteiger partial charge is 0.457 e. The highest BCUT2D eigenvalue weighted by Gasteiger charge is 2.43. The molecule has 9 heteroatoms. The summed E-state index contributed by atoms with van der Waals surface area (Å²) in [5.74, 6) is 0.716. The molecule has 4 rings (SSSR count). The molecule has 2 aliphatic heterocycles. The number of nitrogens with one attached hydrogen (secondary N) is 2. The Balaban J connectivity index is 1.56. The molecule has 0 saturated heterocycles. The van der Waals surface area contributed by atoms with E-state index in [2.05, 4.69) is 10.6 Å². The van der Waals surface area contributed by atoms with Gasteiger partial charge in [0.25, 0.3) is 5.91 Å². The summed E-state index contributed by atoms with van der Waals surface area (Å²) in [5, 5.41) is 5.62. The third kappa shape index (κ3) is 4.83. The van der Waals surface area contributed by atoms with Crippen molar-refractivity contribution in [1.29, 1.82) is 0 Å². The van der Waals surface area contributed by atoms with Crippen molar-refractivity contribution >= 4 is 17.8 Å². The van der Waals surface area contributed by atoms with Crippen LogP contribution in [0.3, 0.4) is 0 Å². The number of para-hydroxylation sites is 1. The van der Waals surface area contributed by atoms with Gasteiger partial charge in [-0.1, -0.05) is 30.3 Å². The number of carbonyl (C=O) groups is 3. The molecule has 9 nitrogen and oxygen atoms in total. The van der Waals surface area contributed by atoms with Gasteiger partial charge < -0.3 is 25.0 Å². The molecule has 2 N–H and O–H groups in total. The van der Waals surface area contributed by atoms with Gasteiger partial charge in [-0.05, 0) is 29.8 Å². The minimum atomic E-state index is -0.642. The first kappa shape index (κ1) is 22.3. The lowest BCUT2D eigenvalue weighted by Gasteiger charge is -2.31. The number of nitrogens with zero attached hydrogens (tertiary/aromatic N) is 2. The van der Waals surface area contributed by atoms with Gasteiger partial charge in [-0.25, -0.2) is 4.79 Å². The number of carbonyl (C=O) groups excluding carboxylic acids is 3. The van der Waals surface area contributed by atoms with Gasteiger partial charge in [0.1, 0.15) is 18.0 Å². The molecule has 172 valence electrons. The Morgan fingerprint density at radius 1 is 1.12 bits per heavy atom. The molecule has 0 fully saturated rings. The minimum Gasteiger partial charge on any atom is -0.457 e. The van der Waals surface area contributed by atoms with Crippen molar-refractivity contribution in [2.75, 3.05) is 40.4 Å². The van der Waals surface area contributed by atoms with E-state index >= 15 is 0 Å². The van der Waals surface area contributed by atoms with Crippen molar-refractivity contribution in [2.45, 2.75) is 6.04 Å². The Kier molecular flexibility index (Phi) is 6.60. The van der Waals surface area contributed by atoms with Crippen LogP contribution in [-0.2, 0) is 14.3 Å². The first-order chi connectivity index (χ1) is 16.0. The maximum Gasteiger partial charge on any atom is 0.322 e. The number of urea groups is 1. The highest BCUT2D eigenvalue weighted by Crippen LogP contribution is 2.36. The summed E-state index contributed by atoms with van der Waals surface area (Å²) < 4.78 is 10.8. The number of benzene rings is 2. The van der Waals surface area contributed by atoms with Crippen LogP contribution in [0.4, 0.5) is 4.79 Å². The van der Waals surface area contributed by atoms with Crippen LogP contribution in [0.25, 0.3) is 0 Å².